The molecule has 1 N–H and O–H groups in total. The number of benzene rings is 3. The van der Waals surface area contributed by atoms with Crippen LogP contribution in [0.1, 0.15) is 46.1 Å². The van der Waals surface area contributed by atoms with Crippen LogP contribution in [-0.4, -0.2) is 28.1 Å². The first-order valence-corrected chi connectivity index (χ1v) is 10.9. The third-order valence-electron chi connectivity index (χ3n) is 6.29. The maximum Gasteiger partial charge on any atom is 0.223 e. The second-order valence-electron chi connectivity index (χ2n) is 8.25. The number of rotatable bonds is 5. The van der Waals surface area contributed by atoms with Crippen LogP contribution in [0.25, 0.3) is 10.9 Å². The molecule has 0 aliphatic carbocycles. The normalized spacial score (nSPS) is 15.5. The van der Waals surface area contributed by atoms with E-state index in [2.05, 4.69) is 4.98 Å². The molecule has 1 aliphatic heterocycles. The highest BCUT2D eigenvalue weighted by Crippen LogP contribution is 2.39. The lowest BCUT2D eigenvalue weighted by Gasteiger charge is -2.36. The van der Waals surface area contributed by atoms with Crippen LogP contribution in [0.15, 0.2) is 72.8 Å². The molecule has 2 heterocycles. The number of aromatic amines is 1. The summed E-state index contributed by atoms with van der Waals surface area (Å²) in [5.41, 5.74) is 3.63. The summed E-state index contributed by atoms with van der Waals surface area (Å²) in [4.78, 5) is 30.9. The van der Waals surface area contributed by atoms with Crippen molar-refractivity contribution in [3.8, 4) is 0 Å². The molecule has 6 heteroatoms. The van der Waals surface area contributed by atoms with Gasteiger partial charge in [-0.05, 0) is 48.4 Å². The number of carbonyl (C=O) groups is 2. The van der Waals surface area contributed by atoms with E-state index in [1.807, 2.05) is 24.3 Å². The summed E-state index contributed by atoms with van der Waals surface area (Å²) in [6.07, 6.45) is 0.642. The standard InChI is InChI=1S/C27H22F2N2O2/c28-18-11-9-17(10-12-18)24(32)13-14-25(33)31-16-15-20-19-5-2-4-8-23(19)30-26(20)27(31)21-6-1-3-7-22(21)29/h1-12,27,30H,13-16H2/t27-/m0/s1. The van der Waals surface area contributed by atoms with Crippen LogP contribution in [0.5, 0.6) is 0 Å². The zero-order chi connectivity index (χ0) is 22.9. The topological polar surface area (TPSA) is 53.2 Å². The summed E-state index contributed by atoms with van der Waals surface area (Å²) >= 11 is 0. The van der Waals surface area contributed by atoms with Gasteiger partial charge in [-0.2, -0.15) is 0 Å². The molecule has 0 unspecified atom stereocenters. The minimum absolute atomic E-state index is 0.00325. The van der Waals surface area contributed by atoms with E-state index < -0.39 is 11.9 Å². The van der Waals surface area contributed by atoms with Crippen LogP contribution < -0.4 is 0 Å². The number of para-hydroxylation sites is 1. The second kappa shape index (κ2) is 8.62. The number of amides is 1. The summed E-state index contributed by atoms with van der Waals surface area (Å²) in [6, 6.07) is 19.1. The predicted molar refractivity (Wildman–Crippen MR) is 122 cm³/mol. The molecule has 0 saturated carbocycles. The van der Waals surface area contributed by atoms with Gasteiger partial charge in [-0.3, -0.25) is 9.59 Å². The number of aromatic nitrogens is 1. The van der Waals surface area contributed by atoms with Crippen molar-refractivity contribution in [2.75, 3.05) is 6.54 Å². The second-order valence-corrected chi connectivity index (χ2v) is 8.25. The smallest absolute Gasteiger partial charge is 0.223 e. The number of ketones is 1. The minimum atomic E-state index is -0.601. The Morgan fingerprint density at radius 2 is 1.64 bits per heavy atom. The summed E-state index contributed by atoms with van der Waals surface area (Å²) < 4.78 is 28.0. The molecule has 1 amide bonds. The van der Waals surface area contributed by atoms with Gasteiger partial charge in [0.25, 0.3) is 0 Å². The summed E-state index contributed by atoms with van der Waals surface area (Å²) in [5.74, 6) is -1.25. The van der Waals surface area contributed by atoms with Crippen LogP contribution in [0.2, 0.25) is 0 Å². The van der Waals surface area contributed by atoms with Gasteiger partial charge in [0.2, 0.25) is 5.91 Å². The van der Waals surface area contributed by atoms with E-state index in [4.69, 9.17) is 0 Å². The van der Waals surface area contributed by atoms with Crippen molar-refractivity contribution in [1.82, 2.24) is 9.88 Å². The Bertz CT molecular complexity index is 1340. The molecule has 0 spiro atoms. The summed E-state index contributed by atoms with van der Waals surface area (Å²) in [7, 11) is 0. The third kappa shape index (κ3) is 3.93. The predicted octanol–water partition coefficient (Wildman–Crippen LogP) is 5.58. The first-order chi connectivity index (χ1) is 16.0. The maximum atomic E-state index is 14.9. The van der Waals surface area contributed by atoms with Crippen molar-refractivity contribution in [2.45, 2.75) is 25.3 Å². The highest BCUT2D eigenvalue weighted by molar-refractivity contribution is 5.98. The van der Waals surface area contributed by atoms with Gasteiger partial charge in [0, 0.05) is 47.1 Å². The largest absolute Gasteiger partial charge is 0.356 e. The first-order valence-electron chi connectivity index (χ1n) is 10.9. The highest BCUT2D eigenvalue weighted by Gasteiger charge is 2.35. The van der Waals surface area contributed by atoms with Gasteiger partial charge in [0.05, 0.1) is 0 Å². The zero-order valence-corrected chi connectivity index (χ0v) is 17.9. The number of hydrogen-bond donors (Lipinski definition) is 1. The average Bonchev–Trinajstić information content (AvgIpc) is 3.21. The fourth-order valence-electron chi connectivity index (χ4n) is 4.67. The van der Waals surface area contributed by atoms with E-state index in [1.165, 1.54) is 30.3 Å². The molecule has 1 aliphatic rings. The monoisotopic (exact) mass is 444 g/mol. The summed E-state index contributed by atoms with van der Waals surface area (Å²) in [6.45, 7) is 0.428. The Morgan fingerprint density at radius 1 is 0.909 bits per heavy atom. The zero-order valence-electron chi connectivity index (χ0n) is 17.9. The maximum absolute atomic E-state index is 14.9. The average molecular weight is 444 g/mol. The third-order valence-corrected chi connectivity index (χ3v) is 6.29. The number of halogens is 2. The number of H-pyrrole nitrogens is 1. The highest BCUT2D eigenvalue weighted by atomic mass is 19.1. The van der Waals surface area contributed by atoms with Gasteiger partial charge in [0.1, 0.15) is 17.7 Å². The van der Waals surface area contributed by atoms with Crippen molar-refractivity contribution in [1.29, 1.82) is 0 Å². The van der Waals surface area contributed by atoms with E-state index in [0.29, 0.717) is 24.1 Å². The molecular weight excluding hydrogens is 422 g/mol. The Balaban J connectivity index is 1.45. The minimum Gasteiger partial charge on any atom is -0.356 e. The Morgan fingerprint density at radius 3 is 2.42 bits per heavy atom. The van der Waals surface area contributed by atoms with E-state index in [-0.39, 0.29) is 30.3 Å². The lowest BCUT2D eigenvalue weighted by molar-refractivity contribution is -0.133. The molecule has 33 heavy (non-hydrogen) atoms. The van der Waals surface area contributed by atoms with Crippen molar-refractivity contribution in [3.05, 3.63) is 107 Å². The molecule has 0 bridgehead atoms. The molecule has 4 aromatic rings. The van der Waals surface area contributed by atoms with Crippen molar-refractivity contribution in [3.63, 3.8) is 0 Å². The molecule has 5 rings (SSSR count). The molecule has 1 atom stereocenters. The molecule has 4 nitrogen and oxygen atoms in total. The molecule has 166 valence electrons. The van der Waals surface area contributed by atoms with Crippen LogP contribution in [0.3, 0.4) is 0 Å². The van der Waals surface area contributed by atoms with Crippen molar-refractivity contribution in [2.24, 2.45) is 0 Å². The molecule has 0 fully saturated rings. The van der Waals surface area contributed by atoms with E-state index in [9.17, 15) is 18.4 Å². The lowest BCUT2D eigenvalue weighted by atomic mass is 9.91. The fraction of sp³-hybridized carbons (Fsp3) is 0.185. The Kier molecular flexibility index (Phi) is 5.50. The van der Waals surface area contributed by atoms with Gasteiger partial charge in [-0.1, -0.05) is 36.4 Å². The number of carbonyl (C=O) groups excluding carboxylic acids is 2. The SMILES string of the molecule is O=C(CCC(=O)N1CCc2c([nH]c3ccccc23)[C@@H]1c1ccccc1F)c1ccc(F)cc1. The van der Waals surface area contributed by atoms with E-state index in [1.54, 1.807) is 23.1 Å². The van der Waals surface area contributed by atoms with Gasteiger partial charge in [-0.15, -0.1) is 0 Å². The number of hydrogen-bond acceptors (Lipinski definition) is 2. The molecular formula is C27H22F2N2O2. The number of Topliss-reactive ketones (excluding diaryl/α,β-unsaturated/α-hetero) is 1. The van der Waals surface area contributed by atoms with Gasteiger partial charge in [0.15, 0.2) is 5.78 Å². The molecule has 3 aromatic carbocycles. The van der Waals surface area contributed by atoms with Crippen molar-refractivity contribution < 1.29 is 18.4 Å². The van der Waals surface area contributed by atoms with Gasteiger partial charge >= 0.3 is 0 Å². The number of fused-ring (bicyclic) bond motifs is 3. The first kappa shape index (κ1) is 21.1. The quantitative estimate of drug-likeness (QED) is 0.409. The molecule has 0 saturated heterocycles. The molecule has 1 aromatic heterocycles. The Hall–Kier alpha value is -3.80. The van der Waals surface area contributed by atoms with E-state index >= 15 is 0 Å². The van der Waals surface area contributed by atoms with Gasteiger partial charge in [-0.25, -0.2) is 8.78 Å². The Labute approximate surface area is 189 Å². The summed E-state index contributed by atoms with van der Waals surface area (Å²) in [5, 5.41) is 1.08. The number of nitrogens with one attached hydrogen (secondary N) is 1. The van der Waals surface area contributed by atoms with E-state index in [0.717, 1.165) is 22.2 Å². The van der Waals surface area contributed by atoms with Crippen molar-refractivity contribution >= 4 is 22.6 Å². The van der Waals surface area contributed by atoms with Crippen LogP contribution in [0, 0.1) is 11.6 Å². The van der Waals surface area contributed by atoms with Crippen LogP contribution in [0.4, 0.5) is 8.78 Å². The number of nitrogens with zero attached hydrogens (tertiary/aromatic N) is 1. The lowest BCUT2D eigenvalue weighted by Crippen LogP contribution is -2.41. The van der Waals surface area contributed by atoms with Crippen LogP contribution >= 0.6 is 0 Å². The fourth-order valence-corrected chi connectivity index (χ4v) is 4.67. The van der Waals surface area contributed by atoms with Gasteiger partial charge < -0.3 is 9.88 Å². The molecule has 0 radical (unpaired) electrons. The van der Waals surface area contributed by atoms with Crippen LogP contribution in [-0.2, 0) is 11.2 Å².